The summed E-state index contributed by atoms with van der Waals surface area (Å²) in [5, 5.41) is 9.36. The average molecular weight is 274 g/mol. The number of nitrogens with zero attached hydrogens (tertiary/aromatic N) is 1. The number of hydrogen-bond acceptors (Lipinski definition) is 3. The van der Waals surface area contributed by atoms with Gasteiger partial charge in [0, 0.05) is 11.1 Å². The van der Waals surface area contributed by atoms with Gasteiger partial charge in [-0.15, -0.1) is 0 Å². The molecule has 2 aromatic carbocycles. The van der Waals surface area contributed by atoms with Crippen molar-refractivity contribution in [2.45, 2.75) is 6.92 Å². The molecule has 0 atom stereocenters. The van der Waals surface area contributed by atoms with E-state index in [-0.39, 0.29) is 0 Å². The highest BCUT2D eigenvalue weighted by Crippen LogP contribution is 2.29. The lowest BCUT2D eigenvalue weighted by atomic mass is 10.2. The van der Waals surface area contributed by atoms with E-state index in [1.54, 1.807) is 31.4 Å². The van der Waals surface area contributed by atoms with E-state index in [9.17, 15) is 0 Å². The topological polar surface area (TPSA) is 42.2 Å². The molecule has 0 aliphatic heterocycles. The van der Waals surface area contributed by atoms with Gasteiger partial charge in [-0.3, -0.25) is 0 Å². The second-order valence-electron chi connectivity index (χ2n) is 4.08. The van der Waals surface area contributed by atoms with Gasteiger partial charge in [0.15, 0.2) is 0 Å². The summed E-state index contributed by atoms with van der Waals surface area (Å²) < 4.78 is 10.9. The number of benzene rings is 2. The first-order valence-electron chi connectivity index (χ1n) is 5.65. The van der Waals surface area contributed by atoms with Gasteiger partial charge < -0.3 is 9.47 Å². The summed E-state index contributed by atoms with van der Waals surface area (Å²) in [6.45, 7) is 1.95. The van der Waals surface area contributed by atoms with Crippen LogP contribution in [-0.2, 0) is 0 Å². The first-order valence-corrected chi connectivity index (χ1v) is 6.03. The summed E-state index contributed by atoms with van der Waals surface area (Å²) in [5.41, 5.74) is 1.49. The lowest BCUT2D eigenvalue weighted by Gasteiger charge is -2.09. The fraction of sp³-hybridized carbons (Fsp3) is 0.133. The van der Waals surface area contributed by atoms with Crippen molar-refractivity contribution in [2.24, 2.45) is 0 Å². The minimum absolute atomic E-state index is 0.460. The first kappa shape index (κ1) is 13.3. The van der Waals surface area contributed by atoms with Gasteiger partial charge in [-0.25, -0.2) is 0 Å². The van der Waals surface area contributed by atoms with Crippen molar-refractivity contribution in [3.63, 3.8) is 0 Å². The van der Waals surface area contributed by atoms with Crippen molar-refractivity contribution in [3.05, 3.63) is 52.5 Å². The predicted molar refractivity (Wildman–Crippen MR) is 74.0 cm³/mol. The van der Waals surface area contributed by atoms with Crippen LogP contribution in [0.5, 0.6) is 17.2 Å². The Labute approximate surface area is 117 Å². The fourth-order valence-electron chi connectivity index (χ4n) is 1.71. The molecular formula is C15H12ClNO2. The zero-order chi connectivity index (χ0) is 13.8. The van der Waals surface area contributed by atoms with Crippen molar-refractivity contribution in [1.29, 1.82) is 5.26 Å². The second-order valence-corrected chi connectivity index (χ2v) is 4.51. The summed E-state index contributed by atoms with van der Waals surface area (Å²) in [4.78, 5) is 0. The molecule has 0 fully saturated rings. The third-order valence-corrected chi connectivity index (χ3v) is 2.71. The normalized spacial score (nSPS) is 9.79. The Kier molecular flexibility index (Phi) is 3.94. The molecule has 4 heteroatoms. The second kappa shape index (κ2) is 5.64. The third-order valence-electron chi connectivity index (χ3n) is 2.50. The number of hydrogen-bond donors (Lipinski definition) is 0. The molecule has 0 spiro atoms. The van der Waals surface area contributed by atoms with Crippen LogP contribution >= 0.6 is 11.6 Å². The van der Waals surface area contributed by atoms with Gasteiger partial charge in [-0.05, 0) is 42.8 Å². The molecule has 0 heterocycles. The lowest BCUT2D eigenvalue weighted by Crippen LogP contribution is -1.89. The molecule has 2 aromatic rings. The van der Waals surface area contributed by atoms with Gasteiger partial charge in [0.05, 0.1) is 18.7 Å². The Morgan fingerprint density at radius 3 is 2.37 bits per heavy atom. The van der Waals surface area contributed by atoms with Crippen LogP contribution in [0, 0.1) is 18.3 Å². The van der Waals surface area contributed by atoms with Crippen LogP contribution in [0.1, 0.15) is 11.1 Å². The Balaban J connectivity index is 2.33. The molecule has 0 unspecified atom stereocenters. The number of nitriles is 1. The number of halogens is 1. The molecule has 0 aromatic heterocycles. The van der Waals surface area contributed by atoms with Crippen molar-refractivity contribution >= 4 is 11.6 Å². The summed E-state index contributed by atoms with van der Waals surface area (Å²) in [6.07, 6.45) is 0. The minimum Gasteiger partial charge on any atom is -0.497 e. The maximum Gasteiger partial charge on any atom is 0.131 e. The Hall–Kier alpha value is -2.18. The minimum atomic E-state index is 0.460. The van der Waals surface area contributed by atoms with Crippen LogP contribution in [0.2, 0.25) is 5.02 Å². The highest BCUT2D eigenvalue weighted by Gasteiger charge is 2.04. The van der Waals surface area contributed by atoms with E-state index in [2.05, 4.69) is 0 Å². The summed E-state index contributed by atoms with van der Waals surface area (Å²) in [6, 6.07) is 12.5. The molecule has 2 rings (SSSR count). The van der Waals surface area contributed by atoms with Crippen LogP contribution in [0.25, 0.3) is 0 Å². The molecule has 96 valence electrons. The van der Waals surface area contributed by atoms with Crippen LogP contribution < -0.4 is 9.47 Å². The van der Waals surface area contributed by atoms with E-state index >= 15 is 0 Å². The number of rotatable bonds is 3. The lowest BCUT2D eigenvalue weighted by molar-refractivity contribution is 0.408. The molecule has 0 amide bonds. The Bertz CT molecular complexity index is 647. The quantitative estimate of drug-likeness (QED) is 0.836. The molecule has 0 aliphatic rings. The van der Waals surface area contributed by atoms with Crippen LogP contribution in [0.15, 0.2) is 36.4 Å². The standard InChI is InChI=1S/C15H12ClNO2/c1-10-3-13(18-2)8-14(4-10)19-15-6-11(9-17)5-12(16)7-15/h3-8H,1-2H3. The molecule has 0 bridgehead atoms. The van der Waals surface area contributed by atoms with Crippen LogP contribution in [0.4, 0.5) is 0 Å². The van der Waals surface area contributed by atoms with E-state index in [0.29, 0.717) is 22.1 Å². The monoisotopic (exact) mass is 273 g/mol. The van der Waals surface area contributed by atoms with Crippen LogP contribution in [-0.4, -0.2) is 7.11 Å². The van der Waals surface area contributed by atoms with Crippen molar-refractivity contribution < 1.29 is 9.47 Å². The first-order chi connectivity index (χ1) is 9.10. The molecule has 0 N–H and O–H groups in total. The van der Waals surface area contributed by atoms with Crippen molar-refractivity contribution in [3.8, 4) is 23.3 Å². The van der Waals surface area contributed by atoms with Gasteiger partial charge in [0.2, 0.25) is 0 Å². The van der Waals surface area contributed by atoms with Gasteiger partial charge in [0.1, 0.15) is 17.2 Å². The molecule has 0 aliphatic carbocycles. The van der Waals surface area contributed by atoms with Gasteiger partial charge in [-0.2, -0.15) is 5.26 Å². The number of methoxy groups -OCH3 is 1. The van der Waals surface area contributed by atoms with Gasteiger partial charge in [-0.1, -0.05) is 11.6 Å². The maximum absolute atomic E-state index is 8.89. The summed E-state index contributed by atoms with van der Waals surface area (Å²) in [5.74, 6) is 1.89. The molecule has 0 saturated carbocycles. The van der Waals surface area contributed by atoms with E-state index in [4.69, 9.17) is 26.3 Å². The molecular weight excluding hydrogens is 262 g/mol. The molecule has 0 radical (unpaired) electrons. The van der Waals surface area contributed by atoms with E-state index in [0.717, 1.165) is 11.3 Å². The smallest absolute Gasteiger partial charge is 0.131 e. The zero-order valence-electron chi connectivity index (χ0n) is 10.6. The molecule has 19 heavy (non-hydrogen) atoms. The molecule has 0 saturated heterocycles. The third kappa shape index (κ3) is 3.40. The average Bonchev–Trinajstić information content (AvgIpc) is 2.37. The Morgan fingerprint density at radius 2 is 1.68 bits per heavy atom. The zero-order valence-corrected chi connectivity index (χ0v) is 11.4. The summed E-state index contributed by atoms with van der Waals surface area (Å²) in [7, 11) is 1.60. The largest absolute Gasteiger partial charge is 0.497 e. The van der Waals surface area contributed by atoms with E-state index < -0.39 is 0 Å². The Morgan fingerprint density at radius 1 is 1.00 bits per heavy atom. The summed E-state index contributed by atoms with van der Waals surface area (Å²) >= 11 is 5.93. The van der Waals surface area contributed by atoms with E-state index in [1.807, 2.05) is 25.1 Å². The predicted octanol–water partition coefficient (Wildman–Crippen LogP) is 4.32. The van der Waals surface area contributed by atoms with Crippen molar-refractivity contribution in [1.82, 2.24) is 0 Å². The van der Waals surface area contributed by atoms with Gasteiger partial charge >= 0.3 is 0 Å². The van der Waals surface area contributed by atoms with Crippen LogP contribution in [0.3, 0.4) is 0 Å². The van der Waals surface area contributed by atoms with Gasteiger partial charge in [0.25, 0.3) is 0 Å². The van der Waals surface area contributed by atoms with Crippen molar-refractivity contribution in [2.75, 3.05) is 7.11 Å². The van der Waals surface area contributed by atoms with E-state index in [1.165, 1.54) is 0 Å². The maximum atomic E-state index is 8.89. The SMILES string of the molecule is COc1cc(C)cc(Oc2cc(Cl)cc(C#N)c2)c1. The molecule has 3 nitrogen and oxygen atoms in total. The highest BCUT2D eigenvalue weighted by atomic mass is 35.5. The fourth-order valence-corrected chi connectivity index (χ4v) is 1.94. The number of ether oxygens (including phenoxy) is 2. The number of aryl methyl sites for hydroxylation is 1. The highest BCUT2D eigenvalue weighted by molar-refractivity contribution is 6.30.